The first-order valence-electron chi connectivity index (χ1n) is 8.53. The topological polar surface area (TPSA) is 49.9 Å². The highest BCUT2D eigenvalue weighted by atomic mass is 32.2. The number of hydrogen-bond donors (Lipinski definition) is 0. The van der Waals surface area contributed by atoms with Crippen molar-refractivity contribution >= 4 is 10.0 Å². The van der Waals surface area contributed by atoms with Gasteiger partial charge in [0.05, 0.1) is 12.0 Å². The largest absolute Gasteiger partial charge is 0.497 e. The molecule has 0 amide bonds. The summed E-state index contributed by atoms with van der Waals surface area (Å²) in [5.41, 5.74) is 2.78. The van der Waals surface area contributed by atoms with E-state index < -0.39 is 10.0 Å². The molecule has 2 aromatic rings. The summed E-state index contributed by atoms with van der Waals surface area (Å²) >= 11 is 0. The molecule has 0 spiro atoms. The Bertz CT molecular complexity index is 858. The third kappa shape index (κ3) is 3.05. The number of sulfonamides is 1. The van der Waals surface area contributed by atoms with E-state index in [-0.39, 0.29) is 0 Å². The average molecular weight is 358 g/mol. The van der Waals surface area contributed by atoms with Crippen LogP contribution < -0.4 is 4.74 Å². The fraction of sp³-hybridized carbons (Fsp3) is 0.368. The molecule has 0 bridgehead atoms. The first kappa shape index (κ1) is 16.6. The van der Waals surface area contributed by atoms with Crippen molar-refractivity contribution < 1.29 is 13.2 Å². The summed E-state index contributed by atoms with van der Waals surface area (Å²) in [5, 5.41) is 0. The molecule has 1 fully saturated rings. The van der Waals surface area contributed by atoms with Crippen LogP contribution in [0.1, 0.15) is 11.1 Å². The van der Waals surface area contributed by atoms with E-state index in [2.05, 4.69) is 29.2 Å². The highest BCUT2D eigenvalue weighted by molar-refractivity contribution is 7.89. The summed E-state index contributed by atoms with van der Waals surface area (Å²) in [6, 6.07) is 15.4. The van der Waals surface area contributed by atoms with Gasteiger partial charge in [0.1, 0.15) is 5.75 Å². The van der Waals surface area contributed by atoms with E-state index >= 15 is 0 Å². The van der Waals surface area contributed by atoms with E-state index in [0.717, 1.165) is 19.5 Å². The van der Waals surface area contributed by atoms with E-state index in [4.69, 9.17) is 4.74 Å². The van der Waals surface area contributed by atoms with Gasteiger partial charge in [-0.05, 0) is 41.8 Å². The van der Waals surface area contributed by atoms with Crippen LogP contribution >= 0.6 is 0 Å². The molecule has 132 valence electrons. The first-order chi connectivity index (χ1) is 12.1. The summed E-state index contributed by atoms with van der Waals surface area (Å²) in [5.74, 6) is 0.660. The predicted octanol–water partition coefficient (Wildman–Crippen LogP) is 2.13. The van der Waals surface area contributed by atoms with Crippen molar-refractivity contribution in [2.45, 2.75) is 23.9 Å². The van der Waals surface area contributed by atoms with Crippen LogP contribution in [0.4, 0.5) is 0 Å². The van der Waals surface area contributed by atoms with Gasteiger partial charge in [-0.1, -0.05) is 24.3 Å². The van der Waals surface area contributed by atoms with Crippen molar-refractivity contribution in [3.8, 4) is 5.75 Å². The molecule has 6 heteroatoms. The molecular formula is C19H22N2O3S. The Labute approximate surface area is 148 Å². The van der Waals surface area contributed by atoms with Gasteiger partial charge < -0.3 is 4.74 Å². The van der Waals surface area contributed by atoms with Crippen molar-refractivity contribution in [2.75, 3.05) is 26.7 Å². The minimum Gasteiger partial charge on any atom is -0.497 e. The molecule has 4 rings (SSSR count). The van der Waals surface area contributed by atoms with E-state index in [1.165, 1.54) is 11.1 Å². The summed E-state index contributed by atoms with van der Waals surface area (Å²) in [4.78, 5) is 2.73. The Balaban J connectivity index is 1.41. The van der Waals surface area contributed by atoms with Crippen LogP contribution in [0.3, 0.4) is 0 Å². The molecule has 1 saturated heterocycles. The highest BCUT2D eigenvalue weighted by Crippen LogP contribution is 2.28. The van der Waals surface area contributed by atoms with Crippen LogP contribution in [-0.4, -0.2) is 50.4 Å². The summed E-state index contributed by atoms with van der Waals surface area (Å²) in [7, 11) is -1.84. The molecule has 5 nitrogen and oxygen atoms in total. The molecule has 0 N–H and O–H groups in total. The minimum absolute atomic E-state index is 0.307. The standard InChI is InChI=1S/C19H22N2O3S/c1-24-18-6-8-19(9-7-18)25(22,23)21-13-17(14-21)20-11-10-15-4-2-3-5-16(15)12-20/h2-9,17H,10-14H2,1H3. The molecule has 2 aliphatic heterocycles. The fourth-order valence-corrected chi connectivity index (χ4v) is 5.08. The van der Waals surface area contributed by atoms with Gasteiger partial charge in [0.2, 0.25) is 10.0 Å². The molecular weight excluding hydrogens is 336 g/mol. The second kappa shape index (κ2) is 6.44. The van der Waals surface area contributed by atoms with Crippen molar-refractivity contribution in [2.24, 2.45) is 0 Å². The van der Waals surface area contributed by atoms with Gasteiger partial charge in [0.25, 0.3) is 0 Å². The molecule has 2 aromatic carbocycles. The van der Waals surface area contributed by atoms with Gasteiger partial charge in [-0.15, -0.1) is 0 Å². The minimum atomic E-state index is -3.41. The van der Waals surface area contributed by atoms with Gasteiger partial charge >= 0.3 is 0 Å². The van der Waals surface area contributed by atoms with E-state index in [0.29, 0.717) is 29.8 Å². The molecule has 0 saturated carbocycles. The smallest absolute Gasteiger partial charge is 0.243 e. The number of benzene rings is 2. The third-order valence-electron chi connectivity index (χ3n) is 5.20. The van der Waals surface area contributed by atoms with E-state index in [1.54, 1.807) is 35.7 Å². The van der Waals surface area contributed by atoms with Crippen molar-refractivity contribution in [3.05, 3.63) is 59.7 Å². The lowest BCUT2D eigenvalue weighted by atomic mass is 9.97. The number of ether oxygens (including phenoxy) is 1. The Morgan fingerprint density at radius 3 is 2.36 bits per heavy atom. The van der Waals surface area contributed by atoms with E-state index in [9.17, 15) is 8.42 Å². The molecule has 25 heavy (non-hydrogen) atoms. The maximum atomic E-state index is 12.7. The van der Waals surface area contributed by atoms with Gasteiger partial charge in [0, 0.05) is 32.2 Å². The van der Waals surface area contributed by atoms with Crippen molar-refractivity contribution in [3.63, 3.8) is 0 Å². The summed E-state index contributed by atoms with van der Waals surface area (Å²) in [6.45, 7) is 3.04. The maximum Gasteiger partial charge on any atom is 0.243 e. The lowest BCUT2D eigenvalue weighted by molar-refractivity contribution is 0.0769. The lowest BCUT2D eigenvalue weighted by Gasteiger charge is -2.46. The normalized spacial score (nSPS) is 19.2. The second-order valence-corrected chi connectivity index (χ2v) is 8.58. The number of methoxy groups -OCH3 is 1. The van der Waals surface area contributed by atoms with Gasteiger partial charge in [-0.2, -0.15) is 4.31 Å². The van der Waals surface area contributed by atoms with Crippen LogP contribution in [0.5, 0.6) is 5.75 Å². The average Bonchev–Trinajstić information content (AvgIpc) is 2.60. The zero-order valence-corrected chi connectivity index (χ0v) is 15.1. The number of fused-ring (bicyclic) bond motifs is 1. The fourth-order valence-electron chi connectivity index (χ4n) is 3.57. The molecule has 0 aliphatic carbocycles. The Kier molecular flexibility index (Phi) is 4.27. The number of rotatable bonds is 4. The lowest BCUT2D eigenvalue weighted by Crippen LogP contribution is -2.61. The van der Waals surface area contributed by atoms with Crippen molar-refractivity contribution in [1.82, 2.24) is 9.21 Å². The van der Waals surface area contributed by atoms with E-state index in [1.807, 2.05) is 0 Å². The predicted molar refractivity (Wildman–Crippen MR) is 96.1 cm³/mol. The Morgan fingerprint density at radius 2 is 1.68 bits per heavy atom. The highest BCUT2D eigenvalue weighted by Gasteiger charge is 2.40. The van der Waals surface area contributed by atoms with Crippen LogP contribution in [-0.2, 0) is 23.0 Å². The second-order valence-electron chi connectivity index (χ2n) is 6.64. The molecule has 0 atom stereocenters. The van der Waals surface area contributed by atoms with Crippen molar-refractivity contribution in [1.29, 1.82) is 0 Å². The first-order valence-corrected chi connectivity index (χ1v) is 9.97. The quantitative estimate of drug-likeness (QED) is 0.840. The number of hydrogen-bond acceptors (Lipinski definition) is 4. The zero-order chi connectivity index (χ0) is 17.4. The molecule has 0 radical (unpaired) electrons. The third-order valence-corrected chi connectivity index (χ3v) is 7.05. The van der Waals surface area contributed by atoms with Crippen LogP contribution in [0.2, 0.25) is 0 Å². The SMILES string of the molecule is COc1ccc(S(=O)(=O)N2CC(N3CCc4ccccc4C3)C2)cc1. The van der Waals surface area contributed by atoms with Crippen LogP contribution in [0.15, 0.2) is 53.4 Å². The zero-order valence-electron chi connectivity index (χ0n) is 14.3. The molecule has 0 aromatic heterocycles. The molecule has 2 aliphatic rings. The van der Waals surface area contributed by atoms with Crippen LogP contribution in [0, 0.1) is 0 Å². The summed E-state index contributed by atoms with van der Waals surface area (Å²) < 4.78 is 32.1. The Hall–Kier alpha value is -1.89. The summed E-state index contributed by atoms with van der Waals surface area (Å²) in [6.07, 6.45) is 1.04. The monoisotopic (exact) mass is 358 g/mol. The maximum absolute atomic E-state index is 12.7. The molecule has 0 unspecified atom stereocenters. The number of nitrogens with zero attached hydrogens (tertiary/aromatic N) is 2. The van der Waals surface area contributed by atoms with Gasteiger partial charge in [-0.25, -0.2) is 8.42 Å². The van der Waals surface area contributed by atoms with Gasteiger partial charge in [0.15, 0.2) is 0 Å². The Morgan fingerprint density at radius 1 is 1.00 bits per heavy atom. The van der Waals surface area contributed by atoms with Crippen LogP contribution in [0.25, 0.3) is 0 Å². The van der Waals surface area contributed by atoms with Gasteiger partial charge in [-0.3, -0.25) is 4.90 Å². The molecule has 2 heterocycles.